The number of aromatic hydroxyl groups is 2. The maximum absolute atomic E-state index is 11.4. The number of aromatic nitrogens is 4. The summed E-state index contributed by atoms with van der Waals surface area (Å²) in [6.07, 6.45) is 6.76. The maximum Gasteiger partial charge on any atom is 0.307 e. The van der Waals surface area contributed by atoms with E-state index in [4.69, 9.17) is 5.11 Å². The van der Waals surface area contributed by atoms with Gasteiger partial charge in [0.05, 0.1) is 22.3 Å². The van der Waals surface area contributed by atoms with Crippen molar-refractivity contribution in [2.45, 2.75) is 40.0 Å². The monoisotopic (exact) mass is 568 g/mol. The van der Waals surface area contributed by atoms with Crippen LogP contribution in [0.2, 0.25) is 0 Å². The molecular formula is C32H32N4O6. The molecule has 8 N–H and O–H groups in total. The van der Waals surface area contributed by atoms with Gasteiger partial charge in [0.15, 0.2) is 11.8 Å². The smallest absolute Gasteiger partial charge is 0.307 e. The molecule has 10 heteroatoms. The van der Waals surface area contributed by atoms with Gasteiger partial charge in [0.2, 0.25) is 0 Å². The molecule has 0 aromatic carbocycles. The van der Waals surface area contributed by atoms with E-state index in [0.717, 1.165) is 22.0 Å². The zero-order chi connectivity index (χ0) is 30.7. The van der Waals surface area contributed by atoms with Gasteiger partial charge in [-0.05, 0) is 56.5 Å². The quantitative estimate of drug-likeness (QED) is 0.151. The molecule has 0 unspecified atom stereocenters. The number of rotatable bonds is 8. The first-order valence-corrected chi connectivity index (χ1v) is 13.1. The van der Waals surface area contributed by atoms with Crippen molar-refractivity contribution >= 4 is 47.7 Å². The standard InChI is InChI=1S/C32H32N4O6/c1-6-21-16(3)24(34-26(21)15-27-22(7-2)17(4)31(41)35-27)13-20-12-19(8-10-29(37)38)25(33-20)14-28-23(9-11-30(39)40)18(5)32(42)36-28/h6,9,12-14,33-36,41-42H,1-2,8,10-11H2,3-5H3,(H,37,38)(H,39,40). The molecule has 0 aliphatic rings. The van der Waals surface area contributed by atoms with E-state index in [-0.39, 0.29) is 31.0 Å². The van der Waals surface area contributed by atoms with Crippen LogP contribution in [0.3, 0.4) is 0 Å². The number of carboxylic acid groups (broad SMARTS) is 2. The van der Waals surface area contributed by atoms with Crippen molar-refractivity contribution in [2.24, 2.45) is 0 Å². The van der Waals surface area contributed by atoms with Gasteiger partial charge in [-0.25, -0.2) is 0 Å². The van der Waals surface area contributed by atoms with E-state index < -0.39 is 11.9 Å². The van der Waals surface area contributed by atoms with E-state index in [0.29, 0.717) is 49.0 Å². The van der Waals surface area contributed by atoms with E-state index in [9.17, 15) is 24.9 Å². The number of H-pyrrole nitrogens is 4. The van der Waals surface area contributed by atoms with Crippen LogP contribution in [0.5, 0.6) is 11.8 Å². The van der Waals surface area contributed by atoms with Crippen molar-refractivity contribution in [2.75, 3.05) is 0 Å². The summed E-state index contributed by atoms with van der Waals surface area (Å²) in [7, 11) is 0. The fraction of sp³-hybridized carbons (Fsp3) is 0.188. The lowest BCUT2D eigenvalue weighted by atomic mass is 10.1. The van der Waals surface area contributed by atoms with Gasteiger partial charge in [-0.3, -0.25) is 9.59 Å². The Balaban J connectivity index is 1.96. The number of hydrogen-bond acceptors (Lipinski definition) is 4. The van der Waals surface area contributed by atoms with Crippen molar-refractivity contribution in [1.29, 1.82) is 0 Å². The lowest BCUT2D eigenvalue weighted by Crippen LogP contribution is -2.25. The van der Waals surface area contributed by atoms with Crippen LogP contribution in [0.15, 0.2) is 19.2 Å². The normalized spacial score (nSPS) is 12.5. The third-order valence-corrected chi connectivity index (χ3v) is 7.13. The molecule has 0 amide bonds. The lowest BCUT2D eigenvalue weighted by molar-refractivity contribution is -0.137. The Hall–Kier alpha value is -5.56. The zero-order valence-corrected chi connectivity index (χ0v) is 23.5. The van der Waals surface area contributed by atoms with Crippen LogP contribution in [-0.2, 0) is 16.0 Å². The Bertz CT molecular complexity index is 2140. The van der Waals surface area contributed by atoms with Crippen LogP contribution in [0.4, 0.5) is 0 Å². The number of hydrogen-bond donors (Lipinski definition) is 8. The van der Waals surface area contributed by atoms with E-state index in [1.165, 1.54) is 6.08 Å². The highest BCUT2D eigenvalue weighted by molar-refractivity contribution is 5.73. The summed E-state index contributed by atoms with van der Waals surface area (Å²) >= 11 is 0. The minimum atomic E-state index is -1.00. The van der Waals surface area contributed by atoms with Gasteiger partial charge in [-0.1, -0.05) is 31.0 Å². The lowest BCUT2D eigenvalue weighted by Gasteiger charge is -1.97. The molecule has 4 aromatic rings. The van der Waals surface area contributed by atoms with Crippen LogP contribution in [-0.4, -0.2) is 52.3 Å². The number of nitrogens with one attached hydrogen (secondary N) is 4. The van der Waals surface area contributed by atoms with E-state index >= 15 is 0 Å². The second-order valence-electron chi connectivity index (χ2n) is 9.88. The minimum Gasteiger partial charge on any atom is -0.494 e. The van der Waals surface area contributed by atoms with Crippen molar-refractivity contribution < 1.29 is 30.0 Å². The minimum absolute atomic E-state index is 0.0113. The highest BCUT2D eigenvalue weighted by Gasteiger charge is 2.11. The molecular weight excluding hydrogens is 536 g/mol. The summed E-state index contributed by atoms with van der Waals surface area (Å²) in [5.74, 6) is -2.01. The molecule has 0 atom stereocenters. The van der Waals surface area contributed by atoms with Gasteiger partial charge in [0.1, 0.15) is 5.35 Å². The van der Waals surface area contributed by atoms with Gasteiger partial charge < -0.3 is 40.4 Å². The first kappa shape index (κ1) is 29.4. The Morgan fingerprint density at radius 3 is 2.26 bits per heavy atom. The van der Waals surface area contributed by atoms with Crippen molar-refractivity contribution in [3.63, 3.8) is 0 Å². The molecule has 0 aliphatic heterocycles. The number of aromatic amines is 4. The predicted molar refractivity (Wildman–Crippen MR) is 160 cm³/mol. The summed E-state index contributed by atoms with van der Waals surface area (Å²) in [6.45, 7) is 13.0. The Morgan fingerprint density at radius 2 is 1.62 bits per heavy atom. The molecule has 0 saturated carbocycles. The van der Waals surface area contributed by atoms with Gasteiger partial charge in [-0.2, -0.15) is 0 Å². The topological polar surface area (TPSA) is 178 Å². The number of carboxylic acids is 2. The molecule has 0 spiro atoms. The summed E-state index contributed by atoms with van der Waals surface area (Å²) in [6, 6.07) is 1.85. The predicted octanol–water partition coefficient (Wildman–Crippen LogP) is 0.225. The van der Waals surface area contributed by atoms with Crippen molar-refractivity contribution in [3.05, 3.63) is 90.3 Å². The second-order valence-corrected chi connectivity index (χ2v) is 9.88. The Morgan fingerprint density at radius 1 is 0.905 bits per heavy atom. The number of carbonyl (C=O) groups is 2. The van der Waals surface area contributed by atoms with Gasteiger partial charge in [-0.15, -0.1) is 5.73 Å². The molecule has 42 heavy (non-hydrogen) atoms. The molecule has 216 valence electrons. The molecule has 4 rings (SSSR count). The third kappa shape index (κ3) is 5.95. The average Bonchev–Trinajstić information content (AvgIpc) is 3.61. The highest BCUT2D eigenvalue weighted by Crippen LogP contribution is 2.16. The van der Waals surface area contributed by atoms with Crippen LogP contribution in [0, 0.1) is 20.8 Å². The number of aryl methyl sites for hydroxylation is 1. The fourth-order valence-corrected chi connectivity index (χ4v) is 4.82. The van der Waals surface area contributed by atoms with Gasteiger partial charge >= 0.3 is 11.9 Å². The number of aliphatic carboxylic acids is 2. The first-order valence-electron chi connectivity index (χ1n) is 13.1. The van der Waals surface area contributed by atoms with E-state index in [1.54, 1.807) is 26.0 Å². The van der Waals surface area contributed by atoms with Crippen LogP contribution < -0.4 is 31.8 Å². The molecule has 4 aromatic heterocycles. The van der Waals surface area contributed by atoms with Crippen molar-refractivity contribution in [3.8, 4) is 11.8 Å². The molecule has 10 nitrogen and oxygen atoms in total. The summed E-state index contributed by atoms with van der Waals surface area (Å²) in [5, 5.41) is 42.4. The van der Waals surface area contributed by atoms with E-state index in [1.807, 2.05) is 19.1 Å². The molecule has 0 fully saturated rings. The molecule has 0 aliphatic carbocycles. The maximum atomic E-state index is 11.4. The third-order valence-electron chi connectivity index (χ3n) is 7.13. The molecule has 0 bridgehead atoms. The zero-order valence-electron chi connectivity index (χ0n) is 23.5. The van der Waals surface area contributed by atoms with Gasteiger partial charge in [0.25, 0.3) is 0 Å². The molecule has 0 radical (unpaired) electrons. The van der Waals surface area contributed by atoms with Crippen LogP contribution >= 0.6 is 0 Å². The van der Waals surface area contributed by atoms with Crippen molar-refractivity contribution in [1.82, 2.24) is 19.9 Å². The molecule has 4 heterocycles. The SMILES string of the molecule is C=C=c1c(C)c(O)[nH]c1=C=c1[nH]c(=Cc2cc(CCC(=O)O)c(C=c3[nH]c(O)c(C)c3=CCC(=O)O)[nH]2)c(C)c1C=C. The Kier molecular flexibility index (Phi) is 8.33. The van der Waals surface area contributed by atoms with Gasteiger partial charge in [0, 0.05) is 45.1 Å². The first-order chi connectivity index (χ1) is 19.9. The Labute approximate surface area is 239 Å². The van der Waals surface area contributed by atoms with E-state index in [2.05, 4.69) is 44.6 Å². The highest BCUT2D eigenvalue weighted by atomic mass is 16.4. The second kappa shape index (κ2) is 11.9. The average molecular weight is 569 g/mol. The summed E-state index contributed by atoms with van der Waals surface area (Å²) in [5.41, 5.74) is 10.9. The van der Waals surface area contributed by atoms with Crippen LogP contribution in [0.1, 0.15) is 52.0 Å². The van der Waals surface area contributed by atoms with Crippen LogP contribution in [0.25, 0.3) is 35.8 Å². The fourth-order valence-electron chi connectivity index (χ4n) is 4.82. The largest absolute Gasteiger partial charge is 0.494 e. The summed E-state index contributed by atoms with van der Waals surface area (Å²) < 4.78 is 0. The molecule has 0 saturated heterocycles. The summed E-state index contributed by atoms with van der Waals surface area (Å²) in [4.78, 5) is 34.9.